The number of furan rings is 1. The standard InChI is InChI=1S/C17H18N4O2S/c1-3-8-21-11-18-20-17(21)24-10-16(22)19-12(2)15-9-13-6-4-5-7-14(13)23-15/h3-7,9,11-12H,1,8,10H2,2H3,(H,19,22)/t12-/m1/s1. The van der Waals surface area contributed by atoms with Gasteiger partial charge in [-0.25, -0.2) is 0 Å². The van der Waals surface area contributed by atoms with E-state index in [1.807, 2.05) is 41.8 Å². The highest BCUT2D eigenvalue weighted by molar-refractivity contribution is 7.99. The first kappa shape index (κ1) is 16.3. The zero-order chi connectivity index (χ0) is 16.9. The van der Waals surface area contributed by atoms with Crippen LogP contribution in [0.2, 0.25) is 0 Å². The summed E-state index contributed by atoms with van der Waals surface area (Å²) in [5.74, 6) is 0.922. The summed E-state index contributed by atoms with van der Waals surface area (Å²) in [5.41, 5.74) is 0.820. The lowest BCUT2D eigenvalue weighted by molar-refractivity contribution is -0.119. The molecule has 0 saturated heterocycles. The van der Waals surface area contributed by atoms with Crippen LogP contribution in [0.4, 0.5) is 0 Å². The van der Waals surface area contributed by atoms with E-state index < -0.39 is 0 Å². The number of hydrogen-bond donors (Lipinski definition) is 1. The monoisotopic (exact) mass is 342 g/mol. The van der Waals surface area contributed by atoms with Crippen LogP contribution in [0.15, 0.2) is 58.9 Å². The number of hydrogen-bond acceptors (Lipinski definition) is 5. The summed E-state index contributed by atoms with van der Waals surface area (Å²) in [7, 11) is 0. The maximum absolute atomic E-state index is 12.2. The summed E-state index contributed by atoms with van der Waals surface area (Å²) in [6, 6.07) is 9.54. The van der Waals surface area contributed by atoms with Gasteiger partial charge in [-0.3, -0.25) is 4.79 Å². The Morgan fingerprint density at radius 1 is 1.50 bits per heavy atom. The summed E-state index contributed by atoms with van der Waals surface area (Å²) < 4.78 is 7.61. The Bertz CT molecular complexity index is 822. The van der Waals surface area contributed by atoms with Crippen LogP contribution in [0.5, 0.6) is 0 Å². The SMILES string of the molecule is C=CCn1cnnc1SCC(=O)N[C@H](C)c1cc2ccccc2o1. The van der Waals surface area contributed by atoms with E-state index in [2.05, 4.69) is 22.1 Å². The van der Waals surface area contributed by atoms with Gasteiger partial charge in [0.1, 0.15) is 17.7 Å². The van der Waals surface area contributed by atoms with Gasteiger partial charge in [0, 0.05) is 11.9 Å². The molecule has 0 saturated carbocycles. The summed E-state index contributed by atoms with van der Waals surface area (Å²) in [5, 5.41) is 12.5. The van der Waals surface area contributed by atoms with Crippen LogP contribution in [0.1, 0.15) is 18.7 Å². The normalized spacial score (nSPS) is 12.2. The number of carbonyl (C=O) groups is 1. The Balaban J connectivity index is 1.57. The highest BCUT2D eigenvalue weighted by Crippen LogP contribution is 2.23. The van der Waals surface area contributed by atoms with Gasteiger partial charge in [0.15, 0.2) is 5.16 Å². The second-order valence-electron chi connectivity index (χ2n) is 5.32. The van der Waals surface area contributed by atoms with Gasteiger partial charge >= 0.3 is 0 Å². The van der Waals surface area contributed by atoms with Gasteiger partial charge in [-0.2, -0.15) is 0 Å². The zero-order valence-corrected chi connectivity index (χ0v) is 14.1. The Kier molecular flexibility index (Phi) is 5.00. The summed E-state index contributed by atoms with van der Waals surface area (Å²) in [4.78, 5) is 12.2. The number of rotatable bonds is 7. The van der Waals surface area contributed by atoms with Crippen LogP contribution >= 0.6 is 11.8 Å². The van der Waals surface area contributed by atoms with Crippen molar-refractivity contribution in [3.8, 4) is 0 Å². The fourth-order valence-corrected chi connectivity index (χ4v) is 3.06. The fraction of sp³-hybridized carbons (Fsp3) is 0.235. The van der Waals surface area contributed by atoms with E-state index in [1.165, 1.54) is 11.8 Å². The molecule has 0 aliphatic heterocycles. The maximum atomic E-state index is 12.2. The van der Waals surface area contributed by atoms with E-state index >= 15 is 0 Å². The molecule has 1 atom stereocenters. The van der Waals surface area contributed by atoms with Crippen LogP contribution < -0.4 is 5.32 Å². The van der Waals surface area contributed by atoms with Crippen molar-refractivity contribution in [3.05, 3.63) is 55.1 Å². The number of aromatic nitrogens is 3. The first-order valence-electron chi connectivity index (χ1n) is 7.56. The van der Waals surface area contributed by atoms with Crippen molar-refractivity contribution in [2.24, 2.45) is 0 Å². The summed E-state index contributed by atoms with van der Waals surface area (Å²) >= 11 is 1.34. The number of nitrogens with zero attached hydrogens (tertiary/aromatic N) is 3. The van der Waals surface area contributed by atoms with E-state index in [1.54, 1.807) is 12.4 Å². The minimum atomic E-state index is -0.198. The smallest absolute Gasteiger partial charge is 0.231 e. The van der Waals surface area contributed by atoms with E-state index in [0.29, 0.717) is 11.7 Å². The fourth-order valence-electron chi connectivity index (χ4n) is 2.32. The van der Waals surface area contributed by atoms with Gasteiger partial charge in [0.2, 0.25) is 5.91 Å². The molecule has 0 fully saturated rings. The molecular formula is C17H18N4O2S. The predicted octanol–water partition coefficient (Wildman–Crippen LogP) is 3.18. The molecular weight excluding hydrogens is 324 g/mol. The van der Waals surface area contributed by atoms with Gasteiger partial charge in [-0.15, -0.1) is 16.8 Å². The van der Waals surface area contributed by atoms with Gasteiger partial charge in [0.05, 0.1) is 11.8 Å². The topological polar surface area (TPSA) is 73.0 Å². The van der Waals surface area contributed by atoms with Gasteiger partial charge in [-0.05, 0) is 19.1 Å². The Morgan fingerprint density at radius 2 is 2.33 bits per heavy atom. The van der Waals surface area contributed by atoms with Crippen molar-refractivity contribution >= 4 is 28.6 Å². The maximum Gasteiger partial charge on any atom is 0.231 e. The van der Waals surface area contributed by atoms with Crippen LogP contribution in [0, 0.1) is 0 Å². The van der Waals surface area contributed by atoms with Gasteiger partial charge in [0.25, 0.3) is 0 Å². The molecule has 1 N–H and O–H groups in total. The predicted molar refractivity (Wildman–Crippen MR) is 93.7 cm³/mol. The lowest BCUT2D eigenvalue weighted by Crippen LogP contribution is -2.28. The van der Waals surface area contributed by atoms with E-state index in [9.17, 15) is 4.79 Å². The van der Waals surface area contributed by atoms with Crippen LogP contribution in [0.25, 0.3) is 11.0 Å². The van der Waals surface area contributed by atoms with Crippen molar-refractivity contribution in [2.75, 3.05) is 5.75 Å². The largest absolute Gasteiger partial charge is 0.459 e. The molecule has 2 heterocycles. The molecule has 3 rings (SSSR count). The average molecular weight is 342 g/mol. The van der Waals surface area contributed by atoms with Crippen molar-refractivity contribution in [2.45, 2.75) is 24.7 Å². The summed E-state index contributed by atoms with van der Waals surface area (Å²) in [6.45, 7) is 6.21. The number of amides is 1. The van der Waals surface area contributed by atoms with Crippen LogP contribution in [-0.2, 0) is 11.3 Å². The summed E-state index contributed by atoms with van der Waals surface area (Å²) in [6.07, 6.45) is 3.39. The molecule has 7 heteroatoms. The number of fused-ring (bicyclic) bond motifs is 1. The number of nitrogens with one attached hydrogen (secondary N) is 1. The van der Waals surface area contributed by atoms with E-state index in [0.717, 1.165) is 16.7 Å². The number of carbonyl (C=O) groups excluding carboxylic acids is 1. The average Bonchev–Trinajstić information content (AvgIpc) is 3.19. The molecule has 0 aliphatic carbocycles. The Morgan fingerprint density at radius 3 is 3.12 bits per heavy atom. The van der Waals surface area contributed by atoms with Crippen LogP contribution in [0.3, 0.4) is 0 Å². The highest BCUT2D eigenvalue weighted by atomic mass is 32.2. The number of thioether (sulfide) groups is 1. The van der Waals surface area contributed by atoms with Gasteiger partial charge < -0.3 is 14.3 Å². The van der Waals surface area contributed by atoms with E-state index in [-0.39, 0.29) is 17.7 Å². The molecule has 2 aromatic heterocycles. The van der Waals surface area contributed by atoms with Crippen molar-refractivity contribution in [3.63, 3.8) is 0 Å². The lowest BCUT2D eigenvalue weighted by Gasteiger charge is -2.11. The van der Waals surface area contributed by atoms with E-state index in [4.69, 9.17) is 4.42 Å². The third kappa shape index (κ3) is 3.68. The molecule has 124 valence electrons. The first-order chi connectivity index (χ1) is 11.7. The first-order valence-corrected chi connectivity index (χ1v) is 8.55. The molecule has 3 aromatic rings. The second-order valence-corrected chi connectivity index (χ2v) is 6.26. The number of benzene rings is 1. The second kappa shape index (κ2) is 7.35. The van der Waals surface area contributed by atoms with Crippen molar-refractivity contribution < 1.29 is 9.21 Å². The third-order valence-electron chi connectivity index (χ3n) is 3.49. The van der Waals surface area contributed by atoms with Crippen molar-refractivity contribution in [1.29, 1.82) is 0 Å². The minimum absolute atomic E-state index is 0.0823. The molecule has 1 aromatic carbocycles. The Hall–Kier alpha value is -2.54. The van der Waals surface area contributed by atoms with Gasteiger partial charge in [-0.1, -0.05) is 36.0 Å². The zero-order valence-electron chi connectivity index (χ0n) is 13.3. The molecule has 1 amide bonds. The minimum Gasteiger partial charge on any atom is -0.459 e. The Labute approximate surface area is 143 Å². The van der Waals surface area contributed by atoms with Crippen molar-refractivity contribution in [1.82, 2.24) is 20.1 Å². The van der Waals surface area contributed by atoms with Crippen LogP contribution in [-0.4, -0.2) is 26.4 Å². The molecule has 0 aliphatic rings. The molecule has 0 radical (unpaired) electrons. The molecule has 0 unspecified atom stereocenters. The molecule has 0 spiro atoms. The highest BCUT2D eigenvalue weighted by Gasteiger charge is 2.15. The molecule has 0 bridgehead atoms. The number of para-hydroxylation sites is 1. The molecule has 24 heavy (non-hydrogen) atoms. The quantitative estimate of drug-likeness (QED) is 0.527. The molecule has 6 nitrogen and oxygen atoms in total. The third-order valence-corrected chi connectivity index (χ3v) is 4.47. The number of allylic oxidation sites excluding steroid dienone is 1. The lowest BCUT2D eigenvalue weighted by atomic mass is 10.2.